The maximum absolute atomic E-state index is 12.6. The van der Waals surface area contributed by atoms with Gasteiger partial charge < -0.3 is 4.90 Å². The van der Waals surface area contributed by atoms with Crippen molar-refractivity contribution in [1.29, 1.82) is 5.26 Å². The van der Waals surface area contributed by atoms with Crippen LogP contribution in [0, 0.1) is 11.3 Å². The molecule has 1 atom stereocenters. The third-order valence-corrected chi connectivity index (χ3v) is 3.81. The fourth-order valence-corrected chi connectivity index (χ4v) is 2.76. The highest BCUT2D eigenvalue weighted by atomic mass is 16.2. The molecule has 1 aromatic rings. The fraction of sp³-hybridized carbons (Fsp3) is 0.500. The van der Waals surface area contributed by atoms with E-state index in [-0.39, 0.29) is 5.91 Å². The van der Waals surface area contributed by atoms with Crippen LogP contribution in [0.25, 0.3) is 0 Å². The number of likely N-dealkylation sites (tertiary alicyclic amines) is 1. The van der Waals surface area contributed by atoms with E-state index in [9.17, 15) is 4.79 Å². The Balaban J connectivity index is 2.16. The van der Waals surface area contributed by atoms with Crippen molar-refractivity contribution in [2.45, 2.75) is 45.1 Å². The third-order valence-electron chi connectivity index (χ3n) is 3.81. The van der Waals surface area contributed by atoms with Crippen molar-refractivity contribution in [1.82, 2.24) is 4.90 Å². The molecular weight excluding hydrogens is 236 g/mol. The highest BCUT2D eigenvalue weighted by molar-refractivity contribution is 5.97. The van der Waals surface area contributed by atoms with E-state index >= 15 is 0 Å². The van der Waals surface area contributed by atoms with Crippen LogP contribution in [0.5, 0.6) is 0 Å². The molecule has 1 saturated heterocycles. The first kappa shape index (κ1) is 13.6. The molecule has 1 fully saturated rings. The van der Waals surface area contributed by atoms with Crippen LogP contribution in [0.15, 0.2) is 24.3 Å². The van der Waals surface area contributed by atoms with Crippen LogP contribution < -0.4 is 0 Å². The van der Waals surface area contributed by atoms with Crippen molar-refractivity contribution >= 4 is 5.91 Å². The van der Waals surface area contributed by atoms with Gasteiger partial charge in [-0.3, -0.25) is 4.79 Å². The molecule has 0 N–H and O–H groups in total. The minimum atomic E-state index is 0.0238. The Hall–Kier alpha value is -1.82. The quantitative estimate of drug-likeness (QED) is 0.829. The molecule has 2 rings (SSSR count). The lowest BCUT2D eigenvalue weighted by Gasteiger charge is -2.25. The van der Waals surface area contributed by atoms with Gasteiger partial charge in [0.2, 0.25) is 0 Å². The predicted molar refractivity (Wildman–Crippen MR) is 74.7 cm³/mol. The first-order valence-electron chi connectivity index (χ1n) is 7.08. The highest BCUT2D eigenvalue weighted by Gasteiger charge is 2.29. The fourth-order valence-electron chi connectivity index (χ4n) is 2.76. The van der Waals surface area contributed by atoms with E-state index in [1.165, 1.54) is 0 Å². The zero-order valence-electron chi connectivity index (χ0n) is 11.4. The van der Waals surface area contributed by atoms with Gasteiger partial charge in [0.25, 0.3) is 5.91 Å². The van der Waals surface area contributed by atoms with Gasteiger partial charge >= 0.3 is 0 Å². The lowest BCUT2D eigenvalue weighted by molar-refractivity contribution is 0.0728. The second-order valence-corrected chi connectivity index (χ2v) is 5.09. The molecule has 1 aliphatic heterocycles. The molecule has 0 spiro atoms. The first-order valence-corrected chi connectivity index (χ1v) is 7.08. The molecule has 0 bridgehead atoms. The molecule has 3 nitrogen and oxygen atoms in total. The van der Waals surface area contributed by atoms with Crippen LogP contribution in [-0.4, -0.2) is 23.4 Å². The normalized spacial score (nSPS) is 18.3. The molecule has 100 valence electrons. The summed E-state index contributed by atoms with van der Waals surface area (Å²) >= 11 is 0. The van der Waals surface area contributed by atoms with E-state index in [1.807, 2.05) is 11.0 Å². The standard InChI is InChI=1S/C16H20N2O/c1-2-3-8-14-9-6-11-18(14)16(19)15-10-5-4-7-13(15)12-17/h4-5,7,10,14H,2-3,6,8-9,11H2,1H3/t14-/m1/s1. The number of hydrogen-bond donors (Lipinski definition) is 0. The summed E-state index contributed by atoms with van der Waals surface area (Å²) in [6, 6.07) is 9.57. The van der Waals surface area contributed by atoms with E-state index in [1.54, 1.807) is 18.2 Å². The van der Waals surface area contributed by atoms with Gasteiger partial charge in [-0.2, -0.15) is 5.26 Å². The summed E-state index contributed by atoms with van der Waals surface area (Å²) in [6.45, 7) is 3.00. The number of carbonyl (C=O) groups excluding carboxylic acids is 1. The topological polar surface area (TPSA) is 44.1 Å². The second-order valence-electron chi connectivity index (χ2n) is 5.09. The number of nitriles is 1. The number of nitrogens with zero attached hydrogens (tertiary/aromatic N) is 2. The maximum Gasteiger partial charge on any atom is 0.255 e. The van der Waals surface area contributed by atoms with E-state index in [2.05, 4.69) is 13.0 Å². The number of amides is 1. The Morgan fingerprint density at radius 2 is 2.26 bits per heavy atom. The van der Waals surface area contributed by atoms with Crippen molar-refractivity contribution < 1.29 is 4.79 Å². The summed E-state index contributed by atoms with van der Waals surface area (Å²) < 4.78 is 0. The SMILES string of the molecule is CCCC[C@@H]1CCCN1C(=O)c1ccccc1C#N. The van der Waals surface area contributed by atoms with Crippen molar-refractivity contribution in [2.24, 2.45) is 0 Å². The molecule has 0 unspecified atom stereocenters. The van der Waals surface area contributed by atoms with Gasteiger partial charge in [0.1, 0.15) is 0 Å². The summed E-state index contributed by atoms with van der Waals surface area (Å²) in [7, 11) is 0. The van der Waals surface area contributed by atoms with Crippen LogP contribution in [0.3, 0.4) is 0 Å². The van der Waals surface area contributed by atoms with E-state index in [0.717, 1.165) is 38.6 Å². The molecule has 0 radical (unpaired) electrons. The van der Waals surface area contributed by atoms with E-state index in [0.29, 0.717) is 17.2 Å². The minimum Gasteiger partial charge on any atom is -0.336 e. The van der Waals surface area contributed by atoms with Crippen molar-refractivity contribution in [3.63, 3.8) is 0 Å². The minimum absolute atomic E-state index is 0.0238. The average Bonchev–Trinajstić information content (AvgIpc) is 2.92. The molecule has 3 heteroatoms. The Bertz CT molecular complexity index is 490. The Morgan fingerprint density at radius 3 is 3.00 bits per heavy atom. The van der Waals surface area contributed by atoms with Gasteiger partial charge in [-0.1, -0.05) is 31.9 Å². The monoisotopic (exact) mass is 256 g/mol. The van der Waals surface area contributed by atoms with Crippen molar-refractivity contribution in [3.8, 4) is 6.07 Å². The Morgan fingerprint density at radius 1 is 1.47 bits per heavy atom. The van der Waals surface area contributed by atoms with Gasteiger partial charge in [0, 0.05) is 12.6 Å². The summed E-state index contributed by atoms with van der Waals surface area (Å²) in [6.07, 6.45) is 5.58. The second kappa shape index (κ2) is 6.38. The molecule has 0 aliphatic carbocycles. The largest absolute Gasteiger partial charge is 0.336 e. The molecule has 1 aliphatic rings. The molecule has 0 saturated carbocycles. The number of benzene rings is 1. The van der Waals surface area contributed by atoms with Gasteiger partial charge in [-0.05, 0) is 31.4 Å². The molecular formula is C16H20N2O. The van der Waals surface area contributed by atoms with E-state index < -0.39 is 0 Å². The van der Waals surface area contributed by atoms with Crippen LogP contribution in [-0.2, 0) is 0 Å². The Kier molecular flexibility index (Phi) is 4.57. The predicted octanol–water partition coefficient (Wildman–Crippen LogP) is 3.35. The smallest absolute Gasteiger partial charge is 0.255 e. The average molecular weight is 256 g/mol. The third kappa shape index (κ3) is 2.96. The van der Waals surface area contributed by atoms with Crippen LogP contribution in [0.1, 0.15) is 54.9 Å². The summed E-state index contributed by atoms with van der Waals surface area (Å²) in [5.74, 6) is 0.0238. The van der Waals surface area contributed by atoms with Crippen molar-refractivity contribution in [3.05, 3.63) is 35.4 Å². The molecule has 1 heterocycles. The van der Waals surface area contributed by atoms with Crippen LogP contribution in [0.2, 0.25) is 0 Å². The summed E-state index contributed by atoms with van der Waals surface area (Å²) in [5.41, 5.74) is 1.03. The molecule has 1 aromatic carbocycles. The highest BCUT2D eigenvalue weighted by Crippen LogP contribution is 2.24. The van der Waals surface area contributed by atoms with Gasteiger partial charge in [-0.15, -0.1) is 0 Å². The number of unbranched alkanes of at least 4 members (excludes halogenated alkanes) is 1. The lowest BCUT2D eigenvalue weighted by Crippen LogP contribution is -2.35. The zero-order chi connectivity index (χ0) is 13.7. The maximum atomic E-state index is 12.6. The first-order chi connectivity index (χ1) is 9.27. The molecule has 1 amide bonds. The van der Waals surface area contributed by atoms with Crippen molar-refractivity contribution in [2.75, 3.05) is 6.54 Å². The number of carbonyl (C=O) groups is 1. The molecule has 19 heavy (non-hydrogen) atoms. The number of rotatable bonds is 4. The summed E-state index contributed by atoms with van der Waals surface area (Å²) in [5, 5.41) is 9.10. The molecule has 0 aromatic heterocycles. The van der Waals surface area contributed by atoms with Gasteiger partial charge in [0.05, 0.1) is 17.2 Å². The lowest BCUT2D eigenvalue weighted by atomic mass is 10.0. The van der Waals surface area contributed by atoms with Crippen LogP contribution >= 0.6 is 0 Å². The summed E-state index contributed by atoms with van der Waals surface area (Å²) in [4.78, 5) is 14.5. The van der Waals surface area contributed by atoms with E-state index in [4.69, 9.17) is 5.26 Å². The van der Waals surface area contributed by atoms with Gasteiger partial charge in [-0.25, -0.2) is 0 Å². The number of hydrogen-bond acceptors (Lipinski definition) is 2. The Labute approximate surface area is 114 Å². The van der Waals surface area contributed by atoms with Gasteiger partial charge in [0.15, 0.2) is 0 Å². The zero-order valence-corrected chi connectivity index (χ0v) is 11.4. The van der Waals surface area contributed by atoms with Crippen LogP contribution in [0.4, 0.5) is 0 Å².